The van der Waals surface area contributed by atoms with Gasteiger partial charge in [-0.2, -0.15) is 0 Å². The van der Waals surface area contributed by atoms with Crippen LogP contribution in [0.3, 0.4) is 0 Å². The lowest BCUT2D eigenvalue weighted by atomic mass is 10.1. The van der Waals surface area contributed by atoms with E-state index in [2.05, 4.69) is 19.3 Å². The fourth-order valence-corrected chi connectivity index (χ4v) is 2.27. The molecule has 5 heteroatoms. The van der Waals surface area contributed by atoms with Crippen molar-refractivity contribution in [3.8, 4) is 0 Å². The Morgan fingerprint density at radius 2 is 1.94 bits per heavy atom. The monoisotopic (exact) mass is 253 g/mol. The number of amides is 1. The summed E-state index contributed by atoms with van der Waals surface area (Å²) in [5.74, 6) is 4.68. The Kier molecular flexibility index (Phi) is 5.47. The second kappa shape index (κ2) is 6.64. The molecule has 0 aliphatic heterocycles. The highest BCUT2D eigenvalue weighted by atomic mass is 32.2. The molecule has 1 atom stereocenters. The number of hydrazine groups is 1. The summed E-state index contributed by atoms with van der Waals surface area (Å²) in [5, 5.41) is 0.561. The highest BCUT2D eigenvalue weighted by Gasteiger charge is 2.12. The van der Waals surface area contributed by atoms with Crippen molar-refractivity contribution in [1.29, 1.82) is 0 Å². The van der Waals surface area contributed by atoms with Crippen LogP contribution in [0.15, 0.2) is 29.2 Å². The first-order valence-electron chi connectivity index (χ1n) is 5.54. The molecule has 0 spiro atoms. The fourth-order valence-electron chi connectivity index (χ4n) is 1.43. The molecule has 0 saturated carbocycles. The zero-order chi connectivity index (χ0) is 12.8. The number of thioether (sulfide) groups is 1. The third kappa shape index (κ3) is 4.77. The third-order valence-electron chi connectivity index (χ3n) is 2.23. The molecule has 0 aromatic heterocycles. The predicted octanol–water partition coefficient (Wildman–Crippen LogP) is 1.05. The highest BCUT2D eigenvalue weighted by Crippen LogP contribution is 2.23. The second-order valence-electron chi connectivity index (χ2n) is 4.13. The van der Waals surface area contributed by atoms with E-state index in [9.17, 15) is 4.79 Å². The van der Waals surface area contributed by atoms with Crippen LogP contribution in [0.5, 0.6) is 0 Å². The van der Waals surface area contributed by atoms with Gasteiger partial charge in [0.15, 0.2) is 0 Å². The van der Waals surface area contributed by atoms with Crippen molar-refractivity contribution in [2.45, 2.75) is 36.5 Å². The Morgan fingerprint density at radius 1 is 1.35 bits per heavy atom. The van der Waals surface area contributed by atoms with E-state index >= 15 is 0 Å². The fraction of sp³-hybridized carbons (Fsp3) is 0.417. The average Bonchev–Trinajstić information content (AvgIpc) is 2.30. The van der Waals surface area contributed by atoms with E-state index in [0.29, 0.717) is 11.7 Å². The highest BCUT2D eigenvalue weighted by molar-refractivity contribution is 7.99. The standard InChI is InChI=1S/C12H19N3OS/c1-8(2)17-10-5-3-9(4-6-10)7-11(13)12(16)15-14/h3-6,8,11H,7,13-14H2,1-2H3,(H,15,16). The summed E-state index contributed by atoms with van der Waals surface area (Å²) >= 11 is 1.81. The van der Waals surface area contributed by atoms with Gasteiger partial charge in [-0.15, -0.1) is 11.8 Å². The SMILES string of the molecule is CC(C)Sc1ccc(CC(N)C(=O)NN)cc1. The van der Waals surface area contributed by atoms with Crippen molar-refractivity contribution in [2.75, 3.05) is 0 Å². The second-order valence-corrected chi connectivity index (χ2v) is 5.78. The Hall–Kier alpha value is -1.04. The molecule has 1 unspecified atom stereocenters. The molecule has 5 N–H and O–H groups in total. The van der Waals surface area contributed by atoms with Crippen LogP contribution in [0.25, 0.3) is 0 Å². The number of hydrogen-bond acceptors (Lipinski definition) is 4. The van der Waals surface area contributed by atoms with Crippen LogP contribution in [0.4, 0.5) is 0 Å². The van der Waals surface area contributed by atoms with Gasteiger partial charge in [0, 0.05) is 10.1 Å². The summed E-state index contributed by atoms with van der Waals surface area (Å²) in [5.41, 5.74) is 8.77. The van der Waals surface area contributed by atoms with Gasteiger partial charge in [-0.05, 0) is 24.1 Å². The summed E-state index contributed by atoms with van der Waals surface area (Å²) in [6, 6.07) is 7.49. The van der Waals surface area contributed by atoms with E-state index in [1.54, 1.807) is 11.8 Å². The van der Waals surface area contributed by atoms with Crippen LogP contribution in [-0.4, -0.2) is 17.2 Å². The number of benzene rings is 1. The lowest BCUT2D eigenvalue weighted by molar-refractivity contribution is -0.122. The Morgan fingerprint density at radius 3 is 2.41 bits per heavy atom. The number of nitrogens with two attached hydrogens (primary N) is 2. The van der Waals surface area contributed by atoms with E-state index in [1.807, 2.05) is 24.3 Å². The van der Waals surface area contributed by atoms with Gasteiger partial charge in [-0.25, -0.2) is 5.84 Å². The van der Waals surface area contributed by atoms with Gasteiger partial charge < -0.3 is 5.73 Å². The van der Waals surface area contributed by atoms with E-state index in [4.69, 9.17) is 11.6 Å². The van der Waals surface area contributed by atoms with Gasteiger partial charge in [0.2, 0.25) is 0 Å². The Labute approximate surface area is 106 Å². The minimum atomic E-state index is -0.594. The first-order chi connectivity index (χ1) is 8.02. The molecular weight excluding hydrogens is 234 g/mol. The first-order valence-corrected chi connectivity index (χ1v) is 6.42. The van der Waals surface area contributed by atoms with Crippen LogP contribution in [-0.2, 0) is 11.2 Å². The van der Waals surface area contributed by atoms with Gasteiger partial charge in [0.25, 0.3) is 5.91 Å². The van der Waals surface area contributed by atoms with E-state index in [-0.39, 0.29) is 5.91 Å². The molecule has 0 bridgehead atoms. The van der Waals surface area contributed by atoms with Gasteiger partial charge in [0.05, 0.1) is 6.04 Å². The van der Waals surface area contributed by atoms with Crippen molar-refractivity contribution in [1.82, 2.24) is 5.43 Å². The zero-order valence-electron chi connectivity index (χ0n) is 10.1. The molecule has 1 aromatic rings. The van der Waals surface area contributed by atoms with Gasteiger partial charge in [-0.3, -0.25) is 10.2 Å². The van der Waals surface area contributed by atoms with Crippen LogP contribution in [0.1, 0.15) is 19.4 Å². The molecule has 0 radical (unpaired) electrons. The largest absolute Gasteiger partial charge is 0.320 e. The maximum Gasteiger partial charge on any atom is 0.251 e. The number of hydrogen-bond donors (Lipinski definition) is 3. The van der Waals surface area contributed by atoms with Crippen molar-refractivity contribution in [3.05, 3.63) is 29.8 Å². The molecule has 94 valence electrons. The minimum absolute atomic E-state index is 0.342. The van der Waals surface area contributed by atoms with Gasteiger partial charge >= 0.3 is 0 Å². The molecule has 1 aromatic carbocycles. The normalized spacial score (nSPS) is 12.5. The molecule has 0 heterocycles. The van der Waals surface area contributed by atoms with Gasteiger partial charge in [-0.1, -0.05) is 26.0 Å². The average molecular weight is 253 g/mol. The molecule has 1 rings (SSSR count). The lowest BCUT2D eigenvalue weighted by Gasteiger charge is -2.10. The molecule has 1 amide bonds. The van der Waals surface area contributed by atoms with Crippen molar-refractivity contribution < 1.29 is 4.79 Å². The van der Waals surface area contributed by atoms with Crippen LogP contribution >= 0.6 is 11.8 Å². The zero-order valence-corrected chi connectivity index (χ0v) is 11.0. The predicted molar refractivity (Wildman–Crippen MR) is 71.4 cm³/mol. The lowest BCUT2D eigenvalue weighted by Crippen LogP contribution is -2.45. The summed E-state index contributed by atoms with van der Waals surface area (Å²) in [6.45, 7) is 4.31. The number of nitrogens with one attached hydrogen (secondary N) is 1. The number of carbonyl (C=O) groups excluding carboxylic acids is 1. The van der Waals surface area contributed by atoms with Crippen LogP contribution in [0, 0.1) is 0 Å². The molecule has 0 aliphatic rings. The maximum absolute atomic E-state index is 11.2. The van der Waals surface area contributed by atoms with E-state index in [0.717, 1.165) is 5.56 Å². The summed E-state index contributed by atoms with van der Waals surface area (Å²) in [4.78, 5) is 12.4. The molecule has 17 heavy (non-hydrogen) atoms. The minimum Gasteiger partial charge on any atom is -0.320 e. The molecule has 0 aliphatic carbocycles. The molecular formula is C12H19N3OS. The summed E-state index contributed by atoms with van der Waals surface area (Å²) in [7, 11) is 0. The first kappa shape index (κ1) is 14.0. The number of carbonyl (C=O) groups is 1. The Balaban J connectivity index is 2.59. The van der Waals surface area contributed by atoms with Crippen LogP contribution < -0.4 is 17.0 Å². The molecule has 0 saturated heterocycles. The maximum atomic E-state index is 11.2. The van der Waals surface area contributed by atoms with E-state index < -0.39 is 6.04 Å². The molecule has 4 nitrogen and oxygen atoms in total. The van der Waals surface area contributed by atoms with E-state index in [1.165, 1.54) is 4.90 Å². The summed E-state index contributed by atoms with van der Waals surface area (Å²) < 4.78 is 0. The van der Waals surface area contributed by atoms with Crippen molar-refractivity contribution in [2.24, 2.45) is 11.6 Å². The van der Waals surface area contributed by atoms with Crippen molar-refractivity contribution >= 4 is 17.7 Å². The smallest absolute Gasteiger partial charge is 0.251 e. The number of rotatable bonds is 5. The topological polar surface area (TPSA) is 81.1 Å². The quantitative estimate of drug-likeness (QED) is 0.317. The van der Waals surface area contributed by atoms with Gasteiger partial charge in [0.1, 0.15) is 0 Å². The Bertz CT molecular complexity index is 365. The van der Waals surface area contributed by atoms with Crippen LogP contribution in [0.2, 0.25) is 0 Å². The van der Waals surface area contributed by atoms with Crippen molar-refractivity contribution in [3.63, 3.8) is 0 Å². The molecule has 0 fully saturated rings. The summed E-state index contributed by atoms with van der Waals surface area (Å²) in [6.07, 6.45) is 0.496. The third-order valence-corrected chi connectivity index (χ3v) is 3.25.